The first kappa shape index (κ1) is 12.3. The molecular weight excluding hydrogens is 214 g/mol. The molecular formula is C9H15N3O4. The lowest BCUT2D eigenvalue weighted by Crippen LogP contribution is -2.14. The summed E-state index contributed by atoms with van der Waals surface area (Å²) in [5.74, 6) is 0.149. The largest absolute Gasteiger partial charge is 0.474 e. The second kappa shape index (κ2) is 5.38. The predicted molar refractivity (Wildman–Crippen MR) is 58.0 cm³/mol. The molecule has 0 aliphatic rings. The predicted octanol–water partition coefficient (Wildman–Crippen LogP) is -0.666. The number of pyridine rings is 1. The fourth-order valence-electron chi connectivity index (χ4n) is 1.03. The zero-order chi connectivity index (χ0) is 12.1. The normalized spacial score (nSPS) is 12.2. The number of aliphatic hydroxyl groups excluding tert-OH is 2. The quantitative estimate of drug-likeness (QED) is 0.494. The van der Waals surface area contributed by atoms with Gasteiger partial charge in [-0.25, -0.2) is 0 Å². The Hall–Kier alpha value is -1.73. The van der Waals surface area contributed by atoms with Crippen molar-refractivity contribution in [3.63, 3.8) is 0 Å². The molecule has 1 unspecified atom stereocenters. The Morgan fingerprint density at radius 2 is 2.00 bits per heavy atom. The van der Waals surface area contributed by atoms with E-state index in [-0.39, 0.29) is 36.3 Å². The number of aromatic nitrogens is 1. The van der Waals surface area contributed by atoms with Gasteiger partial charge in [0.05, 0.1) is 18.0 Å². The molecule has 1 aromatic heterocycles. The number of hydrogen-bond acceptors (Lipinski definition) is 7. The Bertz CT molecular complexity index is 357. The van der Waals surface area contributed by atoms with E-state index in [1.807, 2.05) is 0 Å². The van der Waals surface area contributed by atoms with Gasteiger partial charge >= 0.3 is 0 Å². The monoisotopic (exact) mass is 229 g/mol. The second-order valence-corrected chi connectivity index (χ2v) is 3.07. The number of hydrogen-bond donors (Lipinski definition) is 4. The summed E-state index contributed by atoms with van der Waals surface area (Å²) in [5.41, 5.74) is 11.6. The van der Waals surface area contributed by atoms with Crippen molar-refractivity contribution in [3.8, 4) is 11.8 Å². The van der Waals surface area contributed by atoms with E-state index >= 15 is 0 Å². The van der Waals surface area contributed by atoms with Gasteiger partial charge in [-0.15, -0.1) is 0 Å². The van der Waals surface area contributed by atoms with Crippen LogP contribution < -0.4 is 20.9 Å². The van der Waals surface area contributed by atoms with Crippen molar-refractivity contribution >= 4 is 11.4 Å². The molecule has 0 saturated carbocycles. The molecule has 0 aromatic carbocycles. The highest BCUT2D eigenvalue weighted by Crippen LogP contribution is 2.29. The highest BCUT2D eigenvalue weighted by Gasteiger charge is 2.11. The summed E-state index contributed by atoms with van der Waals surface area (Å²) in [6.45, 7) is 1.33. The molecule has 0 spiro atoms. The van der Waals surface area contributed by atoms with Crippen molar-refractivity contribution in [2.75, 3.05) is 24.7 Å². The van der Waals surface area contributed by atoms with Gasteiger partial charge < -0.3 is 31.2 Å². The van der Waals surface area contributed by atoms with Crippen molar-refractivity contribution in [2.45, 2.75) is 13.2 Å². The molecule has 6 N–H and O–H groups in total. The third kappa shape index (κ3) is 3.14. The van der Waals surface area contributed by atoms with Crippen LogP contribution in [0.25, 0.3) is 0 Å². The van der Waals surface area contributed by atoms with Gasteiger partial charge in [-0.2, -0.15) is 4.98 Å². The minimum Gasteiger partial charge on any atom is -0.474 e. The Kier molecular flexibility index (Phi) is 4.15. The second-order valence-electron chi connectivity index (χ2n) is 3.07. The average molecular weight is 229 g/mol. The van der Waals surface area contributed by atoms with Crippen molar-refractivity contribution in [3.05, 3.63) is 6.07 Å². The molecule has 1 atom stereocenters. The molecule has 1 aromatic rings. The Morgan fingerprint density at radius 1 is 1.38 bits per heavy atom. The first-order valence-corrected chi connectivity index (χ1v) is 4.69. The molecule has 7 heteroatoms. The van der Waals surface area contributed by atoms with Crippen LogP contribution in [0.2, 0.25) is 0 Å². The van der Waals surface area contributed by atoms with E-state index in [4.69, 9.17) is 31.2 Å². The van der Waals surface area contributed by atoms with Crippen LogP contribution in [-0.2, 0) is 0 Å². The first-order chi connectivity index (χ1) is 7.54. The van der Waals surface area contributed by atoms with Gasteiger partial charge in [0.15, 0.2) is 6.29 Å². The van der Waals surface area contributed by atoms with Crippen LogP contribution in [0.4, 0.5) is 11.4 Å². The molecule has 1 rings (SSSR count). The summed E-state index contributed by atoms with van der Waals surface area (Å²) in [5, 5.41) is 17.6. The van der Waals surface area contributed by atoms with Gasteiger partial charge in [0.25, 0.3) is 0 Å². The lowest BCUT2D eigenvalue weighted by molar-refractivity contribution is -0.00348. The fourth-order valence-corrected chi connectivity index (χ4v) is 1.03. The van der Waals surface area contributed by atoms with Crippen molar-refractivity contribution in [2.24, 2.45) is 0 Å². The summed E-state index contributed by atoms with van der Waals surface area (Å²) in [4.78, 5) is 3.88. The highest BCUT2D eigenvalue weighted by molar-refractivity contribution is 5.62. The maximum absolute atomic E-state index is 9.04. The fraction of sp³-hybridized carbons (Fsp3) is 0.444. The molecule has 0 saturated heterocycles. The van der Waals surface area contributed by atoms with E-state index < -0.39 is 6.29 Å². The molecule has 0 amide bonds. The van der Waals surface area contributed by atoms with E-state index in [0.717, 1.165) is 0 Å². The molecule has 1 heterocycles. The van der Waals surface area contributed by atoms with Gasteiger partial charge in [0.1, 0.15) is 6.61 Å². The van der Waals surface area contributed by atoms with Gasteiger partial charge in [-0.05, 0) is 13.0 Å². The zero-order valence-electron chi connectivity index (χ0n) is 8.88. The van der Waals surface area contributed by atoms with Gasteiger partial charge in [-0.1, -0.05) is 0 Å². The summed E-state index contributed by atoms with van der Waals surface area (Å²) < 4.78 is 10.0. The van der Waals surface area contributed by atoms with E-state index in [1.54, 1.807) is 0 Å². The molecule has 7 nitrogen and oxygen atoms in total. The lowest BCUT2D eigenvalue weighted by Gasteiger charge is -2.13. The van der Waals surface area contributed by atoms with E-state index in [2.05, 4.69) is 4.98 Å². The minimum atomic E-state index is -1.04. The number of nitrogen functional groups attached to an aromatic ring is 2. The van der Waals surface area contributed by atoms with Crippen LogP contribution in [0, 0.1) is 0 Å². The number of anilines is 2. The smallest absolute Gasteiger partial charge is 0.242 e. The minimum absolute atomic E-state index is 0.0390. The van der Waals surface area contributed by atoms with Crippen molar-refractivity contribution in [1.29, 1.82) is 0 Å². The topological polar surface area (TPSA) is 124 Å². The third-order valence-electron chi connectivity index (χ3n) is 1.62. The molecule has 0 radical (unpaired) electrons. The standard InChI is InChI=1S/C9H15N3O4/c1-5(14)16-9-7(11)4-6(10)8(12-9)15-3-2-13/h4-5,13-14H,2-3,10-11H2,1H3. The van der Waals surface area contributed by atoms with Gasteiger partial charge in [-0.3, -0.25) is 0 Å². The number of ether oxygens (including phenoxy) is 2. The Labute approximate surface area is 92.6 Å². The van der Waals surface area contributed by atoms with E-state index in [9.17, 15) is 0 Å². The average Bonchev–Trinajstić information content (AvgIpc) is 2.20. The van der Waals surface area contributed by atoms with Crippen LogP contribution in [0.1, 0.15) is 6.92 Å². The maximum Gasteiger partial charge on any atom is 0.242 e. The molecule has 0 fully saturated rings. The highest BCUT2D eigenvalue weighted by atomic mass is 16.6. The number of nitrogens with zero attached hydrogens (tertiary/aromatic N) is 1. The molecule has 90 valence electrons. The van der Waals surface area contributed by atoms with Crippen LogP contribution in [0.3, 0.4) is 0 Å². The maximum atomic E-state index is 9.04. The van der Waals surface area contributed by atoms with Crippen LogP contribution >= 0.6 is 0 Å². The Morgan fingerprint density at radius 3 is 2.56 bits per heavy atom. The summed E-state index contributed by atoms with van der Waals surface area (Å²) >= 11 is 0. The third-order valence-corrected chi connectivity index (χ3v) is 1.62. The van der Waals surface area contributed by atoms with Crippen LogP contribution in [-0.4, -0.2) is 34.7 Å². The summed E-state index contributed by atoms with van der Waals surface area (Å²) in [6, 6.07) is 1.41. The van der Waals surface area contributed by atoms with Crippen molar-refractivity contribution in [1.82, 2.24) is 4.98 Å². The number of rotatable bonds is 5. The Balaban J connectivity index is 2.92. The van der Waals surface area contributed by atoms with Crippen LogP contribution in [0.5, 0.6) is 11.8 Å². The molecule has 16 heavy (non-hydrogen) atoms. The zero-order valence-corrected chi connectivity index (χ0v) is 8.88. The molecule has 0 bridgehead atoms. The number of nitrogens with two attached hydrogens (primary N) is 2. The van der Waals surface area contributed by atoms with Crippen LogP contribution in [0.15, 0.2) is 6.07 Å². The lowest BCUT2D eigenvalue weighted by atomic mass is 10.3. The van der Waals surface area contributed by atoms with Crippen molar-refractivity contribution < 1.29 is 19.7 Å². The first-order valence-electron chi connectivity index (χ1n) is 4.69. The van der Waals surface area contributed by atoms with Gasteiger partial charge in [0.2, 0.25) is 11.8 Å². The number of aliphatic hydroxyl groups is 2. The van der Waals surface area contributed by atoms with E-state index in [0.29, 0.717) is 0 Å². The molecule has 0 aliphatic heterocycles. The molecule has 0 aliphatic carbocycles. The summed E-state index contributed by atoms with van der Waals surface area (Å²) in [7, 11) is 0. The summed E-state index contributed by atoms with van der Waals surface area (Å²) in [6.07, 6.45) is -1.04. The van der Waals surface area contributed by atoms with Gasteiger partial charge in [0, 0.05) is 0 Å². The SMILES string of the molecule is CC(O)Oc1nc(OCCO)c(N)cc1N. The van der Waals surface area contributed by atoms with E-state index in [1.165, 1.54) is 13.0 Å².